The van der Waals surface area contributed by atoms with E-state index in [-0.39, 0.29) is 12.5 Å². The molecule has 0 aliphatic carbocycles. The van der Waals surface area contributed by atoms with Crippen LogP contribution in [-0.2, 0) is 0 Å². The van der Waals surface area contributed by atoms with Crippen LogP contribution in [0.3, 0.4) is 0 Å². The quantitative estimate of drug-likeness (QED) is 0.867. The Bertz CT molecular complexity index is 623. The number of aromatic amines is 1. The molecule has 3 aliphatic rings. The highest BCUT2D eigenvalue weighted by atomic mass is 16.3. The lowest BCUT2D eigenvalue weighted by Crippen LogP contribution is -2.38. The average Bonchev–Trinajstić information content (AvgIpc) is 2.89. The Labute approximate surface area is 113 Å². The lowest BCUT2D eigenvalue weighted by atomic mass is 9.84. The lowest BCUT2D eigenvalue weighted by molar-refractivity contribution is 0.273. The zero-order valence-corrected chi connectivity index (χ0v) is 11.3. The van der Waals surface area contributed by atoms with Crippen LogP contribution in [0.25, 0.3) is 10.9 Å². The number of nitrogens with one attached hydrogen (secondary N) is 1. The summed E-state index contributed by atoms with van der Waals surface area (Å²) >= 11 is 0. The first-order valence-electron chi connectivity index (χ1n) is 7.30. The maximum atomic E-state index is 9.44. The van der Waals surface area contributed by atoms with E-state index in [1.165, 1.54) is 53.8 Å². The monoisotopic (exact) mass is 256 g/mol. The molecule has 2 aromatic rings. The molecule has 1 atom stereocenters. The summed E-state index contributed by atoms with van der Waals surface area (Å²) < 4.78 is 0. The number of aliphatic hydroxyl groups excluding tert-OH is 1. The van der Waals surface area contributed by atoms with Gasteiger partial charge in [-0.2, -0.15) is 0 Å². The van der Waals surface area contributed by atoms with E-state index < -0.39 is 0 Å². The third kappa shape index (κ3) is 1.48. The number of piperidine rings is 1. The van der Waals surface area contributed by atoms with Crippen molar-refractivity contribution in [1.29, 1.82) is 0 Å². The molecule has 0 spiro atoms. The molecule has 0 radical (unpaired) electrons. The van der Waals surface area contributed by atoms with Crippen molar-refractivity contribution in [2.75, 3.05) is 24.6 Å². The van der Waals surface area contributed by atoms with Gasteiger partial charge in [-0.25, -0.2) is 0 Å². The summed E-state index contributed by atoms with van der Waals surface area (Å²) in [7, 11) is 0. The summed E-state index contributed by atoms with van der Waals surface area (Å²) in [4.78, 5) is 6.13. The predicted molar refractivity (Wildman–Crippen MR) is 78.0 cm³/mol. The van der Waals surface area contributed by atoms with Gasteiger partial charge >= 0.3 is 0 Å². The van der Waals surface area contributed by atoms with Crippen molar-refractivity contribution in [2.24, 2.45) is 0 Å². The van der Waals surface area contributed by atoms with Crippen LogP contribution >= 0.6 is 0 Å². The van der Waals surface area contributed by atoms with Gasteiger partial charge in [0.2, 0.25) is 0 Å². The average molecular weight is 256 g/mol. The number of aliphatic hydroxyl groups is 1. The Morgan fingerprint density at radius 1 is 1.37 bits per heavy atom. The molecule has 0 amide bonds. The van der Waals surface area contributed by atoms with Gasteiger partial charge < -0.3 is 15.0 Å². The van der Waals surface area contributed by atoms with E-state index in [0.29, 0.717) is 0 Å². The zero-order valence-electron chi connectivity index (χ0n) is 11.3. The van der Waals surface area contributed by atoms with Crippen LogP contribution < -0.4 is 4.90 Å². The molecule has 100 valence electrons. The van der Waals surface area contributed by atoms with E-state index in [0.717, 1.165) is 5.92 Å². The van der Waals surface area contributed by atoms with E-state index in [2.05, 4.69) is 35.0 Å². The van der Waals surface area contributed by atoms with Crippen LogP contribution in [0.15, 0.2) is 18.2 Å². The highest BCUT2D eigenvalue weighted by Gasteiger charge is 2.34. The van der Waals surface area contributed by atoms with Crippen LogP contribution in [0.1, 0.15) is 42.7 Å². The van der Waals surface area contributed by atoms with Gasteiger partial charge in [0.15, 0.2) is 0 Å². The van der Waals surface area contributed by atoms with E-state index in [9.17, 15) is 5.11 Å². The van der Waals surface area contributed by atoms with Crippen molar-refractivity contribution in [2.45, 2.75) is 31.6 Å². The Morgan fingerprint density at radius 3 is 2.89 bits per heavy atom. The molecule has 3 heteroatoms. The van der Waals surface area contributed by atoms with Crippen molar-refractivity contribution in [1.82, 2.24) is 4.98 Å². The standard InChI is InChI=1S/C16H20N2O/c1-10(9-19)12-3-2-4-13-14-11-5-7-18(8-6-11)16(14)17-15(12)13/h2-4,10-11,17,19H,5-9H2,1H3. The minimum Gasteiger partial charge on any atom is -0.396 e. The molecule has 1 unspecified atom stereocenters. The fourth-order valence-electron chi connectivity index (χ4n) is 3.81. The van der Waals surface area contributed by atoms with E-state index in [1.807, 2.05) is 0 Å². The number of H-pyrrole nitrogens is 1. The number of fused-ring (bicyclic) bond motifs is 3. The fourth-order valence-corrected chi connectivity index (χ4v) is 3.81. The molecule has 1 fully saturated rings. The first-order valence-corrected chi connectivity index (χ1v) is 7.30. The van der Waals surface area contributed by atoms with Crippen molar-refractivity contribution in [3.05, 3.63) is 29.3 Å². The second kappa shape index (κ2) is 4.01. The SMILES string of the molecule is CC(CO)c1cccc2c3c([nH]c12)N1CCC3CC1. The summed E-state index contributed by atoms with van der Waals surface area (Å²) in [5, 5.41) is 10.8. The van der Waals surface area contributed by atoms with Gasteiger partial charge in [0, 0.05) is 36.6 Å². The maximum absolute atomic E-state index is 9.44. The highest BCUT2D eigenvalue weighted by molar-refractivity contribution is 5.93. The van der Waals surface area contributed by atoms with Crippen molar-refractivity contribution < 1.29 is 5.11 Å². The number of hydrogen-bond acceptors (Lipinski definition) is 2. The molecule has 1 saturated heterocycles. The van der Waals surface area contributed by atoms with Gasteiger partial charge in [-0.1, -0.05) is 25.1 Å². The third-order valence-electron chi connectivity index (χ3n) is 4.91. The smallest absolute Gasteiger partial charge is 0.110 e. The predicted octanol–water partition coefficient (Wildman–Crippen LogP) is 2.96. The lowest BCUT2D eigenvalue weighted by Gasteiger charge is -2.40. The van der Waals surface area contributed by atoms with Gasteiger partial charge in [0.1, 0.15) is 5.82 Å². The van der Waals surface area contributed by atoms with Crippen molar-refractivity contribution in [3.8, 4) is 0 Å². The van der Waals surface area contributed by atoms with Gasteiger partial charge in [-0.3, -0.25) is 0 Å². The molecule has 1 aromatic heterocycles. The van der Waals surface area contributed by atoms with E-state index >= 15 is 0 Å². The Balaban J connectivity index is 1.98. The molecule has 19 heavy (non-hydrogen) atoms. The zero-order chi connectivity index (χ0) is 13.0. The third-order valence-corrected chi connectivity index (χ3v) is 4.91. The van der Waals surface area contributed by atoms with Crippen LogP contribution in [0, 0.1) is 0 Å². The van der Waals surface area contributed by atoms with Crippen molar-refractivity contribution >= 4 is 16.7 Å². The summed E-state index contributed by atoms with van der Waals surface area (Å²) in [6.45, 7) is 4.67. The van der Waals surface area contributed by atoms with Crippen LogP contribution in [0.5, 0.6) is 0 Å². The number of aromatic nitrogens is 1. The molecule has 4 heterocycles. The van der Waals surface area contributed by atoms with Gasteiger partial charge in [-0.05, 0) is 24.3 Å². The second-order valence-electron chi connectivity index (χ2n) is 6.00. The molecule has 2 bridgehead atoms. The molecule has 5 rings (SSSR count). The fraction of sp³-hybridized carbons (Fsp3) is 0.500. The van der Waals surface area contributed by atoms with E-state index in [1.54, 1.807) is 0 Å². The topological polar surface area (TPSA) is 39.3 Å². The normalized spacial score (nSPS) is 20.0. The summed E-state index contributed by atoms with van der Waals surface area (Å²) in [6.07, 6.45) is 2.58. The summed E-state index contributed by atoms with van der Waals surface area (Å²) in [5.41, 5.74) is 4.02. The molecule has 1 aromatic carbocycles. The van der Waals surface area contributed by atoms with E-state index in [4.69, 9.17) is 0 Å². The minimum atomic E-state index is 0.191. The Hall–Kier alpha value is -1.48. The highest BCUT2D eigenvalue weighted by Crippen LogP contribution is 2.46. The number of para-hydroxylation sites is 1. The first-order chi connectivity index (χ1) is 9.29. The molecular weight excluding hydrogens is 236 g/mol. The summed E-state index contributed by atoms with van der Waals surface area (Å²) in [6, 6.07) is 6.51. The number of hydrogen-bond donors (Lipinski definition) is 2. The van der Waals surface area contributed by atoms with Crippen LogP contribution in [-0.4, -0.2) is 29.8 Å². The van der Waals surface area contributed by atoms with Gasteiger partial charge in [0.05, 0.1) is 5.52 Å². The number of benzene rings is 1. The van der Waals surface area contributed by atoms with Crippen molar-refractivity contribution in [3.63, 3.8) is 0 Å². The van der Waals surface area contributed by atoms with Crippen LogP contribution in [0.2, 0.25) is 0 Å². The first kappa shape index (κ1) is 11.4. The molecule has 3 nitrogen and oxygen atoms in total. The molecule has 0 saturated carbocycles. The number of anilines is 1. The maximum Gasteiger partial charge on any atom is 0.110 e. The Kier molecular flexibility index (Phi) is 2.39. The largest absolute Gasteiger partial charge is 0.396 e. The molecule has 2 N–H and O–H groups in total. The second-order valence-corrected chi connectivity index (χ2v) is 6.00. The van der Waals surface area contributed by atoms with Crippen LogP contribution in [0.4, 0.5) is 5.82 Å². The van der Waals surface area contributed by atoms with Gasteiger partial charge in [0.25, 0.3) is 0 Å². The summed E-state index contributed by atoms with van der Waals surface area (Å²) in [5.74, 6) is 2.26. The molecule has 3 aliphatic heterocycles. The minimum absolute atomic E-state index is 0.191. The number of nitrogens with zero attached hydrogens (tertiary/aromatic N) is 1. The molecular formula is C16H20N2O. The van der Waals surface area contributed by atoms with Gasteiger partial charge in [-0.15, -0.1) is 0 Å². The Morgan fingerprint density at radius 2 is 2.16 bits per heavy atom. The number of rotatable bonds is 2.